The van der Waals surface area contributed by atoms with Crippen molar-refractivity contribution >= 4 is 44.4 Å². The fourth-order valence-corrected chi connectivity index (χ4v) is 5.14. The van der Waals surface area contributed by atoms with Crippen molar-refractivity contribution in [1.82, 2.24) is 9.97 Å². The Hall–Kier alpha value is -4.55. The van der Waals surface area contributed by atoms with Crippen molar-refractivity contribution in [2.24, 2.45) is 5.10 Å². The maximum absolute atomic E-state index is 6.12. The van der Waals surface area contributed by atoms with Gasteiger partial charge in [0.15, 0.2) is 5.82 Å². The third-order valence-corrected chi connectivity index (χ3v) is 6.86. The molecule has 0 saturated heterocycles. The normalized spacial score (nSPS) is 11.3. The average molecular weight is 487 g/mol. The summed E-state index contributed by atoms with van der Waals surface area (Å²) < 4.78 is 6.12. The highest BCUT2D eigenvalue weighted by Crippen LogP contribution is 2.36. The topological polar surface area (TPSA) is 59.4 Å². The maximum atomic E-state index is 6.12. The van der Waals surface area contributed by atoms with E-state index in [2.05, 4.69) is 80.5 Å². The SMILES string of the molecule is C(=N/Nc1ncnc2scc(-c3ccccc3)c12)/c1cccc(OCc2cccc3ccccc23)c1. The number of thiophene rings is 1. The van der Waals surface area contributed by atoms with Crippen molar-refractivity contribution in [3.05, 3.63) is 120 Å². The Labute approximate surface area is 212 Å². The third-order valence-electron chi connectivity index (χ3n) is 5.97. The molecule has 0 atom stereocenters. The van der Waals surface area contributed by atoms with Crippen molar-refractivity contribution in [3.63, 3.8) is 0 Å². The number of hydrazone groups is 1. The van der Waals surface area contributed by atoms with Gasteiger partial charge in [0.05, 0.1) is 11.6 Å². The zero-order valence-corrected chi connectivity index (χ0v) is 20.2. The van der Waals surface area contributed by atoms with E-state index in [0.29, 0.717) is 12.4 Å². The molecule has 0 saturated carbocycles. The molecule has 6 heteroatoms. The van der Waals surface area contributed by atoms with E-state index in [-0.39, 0.29) is 0 Å². The van der Waals surface area contributed by atoms with Crippen LogP contribution >= 0.6 is 11.3 Å². The number of hydrogen-bond acceptors (Lipinski definition) is 6. The second-order valence-corrected chi connectivity index (χ2v) is 9.15. The van der Waals surface area contributed by atoms with E-state index < -0.39 is 0 Å². The van der Waals surface area contributed by atoms with Crippen LogP contribution in [0.5, 0.6) is 5.75 Å². The molecule has 5 nitrogen and oxygen atoms in total. The van der Waals surface area contributed by atoms with E-state index >= 15 is 0 Å². The minimum Gasteiger partial charge on any atom is -0.489 e. The van der Waals surface area contributed by atoms with Crippen LogP contribution in [-0.4, -0.2) is 16.2 Å². The van der Waals surface area contributed by atoms with Crippen molar-refractivity contribution in [2.45, 2.75) is 6.61 Å². The molecule has 36 heavy (non-hydrogen) atoms. The lowest BCUT2D eigenvalue weighted by Gasteiger charge is -2.09. The Morgan fingerprint density at radius 1 is 0.861 bits per heavy atom. The summed E-state index contributed by atoms with van der Waals surface area (Å²) >= 11 is 1.60. The van der Waals surface area contributed by atoms with Gasteiger partial charge in [-0.3, -0.25) is 5.43 Å². The van der Waals surface area contributed by atoms with Gasteiger partial charge in [0, 0.05) is 10.9 Å². The van der Waals surface area contributed by atoms with Crippen molar-refractivity contribution in [3.8, 4) is 16.9 Å². The summed E-state index contributed by atoms with van der Waals surface area (Å²) in [6, 6.07) is 32.8. The van der Waals surface area contributed by atoms with Gasteiger partial charge >= 0.3 is 0 Å². The first-order valence-electron chi connectivity index (χ1n) is 11.6. The summed E-state index contributed by atoms with van der Waals surface area (Å²) in [4.78, 5) is 9.80. The van der Waals surface area contributed by atoms with E-state index in [1.807, 2.05) is 42.5 Å². The molecule has 0 aliphatic carbocycles. The minimum absolute atomic E-state index is 0.500. The van der Waals surface area contributed by atoms with Crippen LogP contribution in [-0.2, 0) is 6.61 Å². The van der Waals surface area contributed by atoms with Gasteiger partial charge in [0.1, 0.15) is 23.5 Å². The highest BCUT2D eigenvalue weighted by molar-refractivity contribution is 7.17. The molecule has 0 aliphatic rings. The average Bonchev–Trinajstić information content (AvgIpc) is 3.38. The molecule has 0 unspecified atom stereocenters. The maximum Gasteiger partial charge on any atom is 0.159 e. The molecule has 0 spiro atoms. The highest BCUT2D eigenvalue weighted by atomic mass is 32.1. The fraction of sp³-hybridized carbons (Fsp3) is 0.0333. The lowest BCUT2D eigenvalue weighted by molar-refractivity contribution is 0.307. The molecule has 0 radical (unpaired) electrons. The third kappa shape index (κ3) is 4.54. The van der Waals surface area contributed by atoms with Gasteiger partial charge in [-0.1, -0.05) is 84.9 Å². The van der Waals surface area contributed by atoms with Crippen molar-refractivity contribution < 1.29 is 4.74 Å². The lowest BCUT2D eigenvalue weighted by Crippen LogP contribution is -1.98. The molecule has 6 aromatic rings. The Balaban J connectivity index is 1.19. The summed E-state index contributed by atoms with van der Waals surface area (Å²) in [5.74, 6) is 1.47. The quantitative estimate of drug-likeness (QED) is 0.187. The summed E-state index contributed by atoms with van der Waals surface area (Å²) in [5, 5.41) is 9.97. The van der Waals surface area contributed by atoms with Crippen LogP contribution < -0.4 is 10.2 Å². The molecule has 0 amide bonds. The number of ether oxygens (including phenoxy) is 1. The Bertz CT molecular complexity index is 1670. The van der Waals surface area contributed by atoms with E-state index in [0.717, 1.165) is 38.2 Å². The molecule has 1 N–H and O–H groups in total. The fourth-order valence-electron chi connectivity index (χ4n) is 4.22. The number of rotatable bonds is 7. The lowest BCUT2D eigenvalue weighted by atomic mass is 10.1. The first-order chi connectivity index (χ1) is 17.8. The summed E-state index contributed by atoms with van der Waals surface area (Å²) in [5.41, 5.74) is 7.42. The zero-order valence-electron chi connectivity index (χ0n) is 19.3. The predicted octanol–water partition coefficient (Wildman–Crippen LogP) is 7.54. The molecular formula is C30H22N4OS. The van der Waals surface area contributed by atoms with Crippen LogP contribution in [0.3, 0.4) is 0 Å². The zero-order chi connectivity index (χ0) is 24.2. The van der Waals surface area contributed by atoms with Gasteiger partial charge in [0.2, 0.25) is 0 Å². The number of anilines is 1. The summed E-state index contributed by atoms with van der Waals surface area (Å²) in [6.45, 7) is 0.500. The van der Waals surface area contributed by atoms with Crippen LogP contribution in [0, 0.1) is 0 Å². The molecule has 0 fully saturated rings. The number of nitrogens with one attached hydrogen (secondary N) is 1. The smallest absolute Gasteiger partial charge is 0.159 e. The summed E-state index contributed by atoms with van der Waals surface area (Å²) in [6.07, 6.45) is 3.33. The standard InChI is InChI=1S/C30H22N4OS/c1-2-9-23(10-3-1)27-19-36-30-28(27)29(31-20-32-30)34-33-17-21-8-6-14-25(16-21)35-18-24-13-7-12-22-11-4-5-15-26(22)24/h1-17,19-20H,18H2,(H,31,32,34)/b33-17-. The first kappa shape index (κ1) is 21.9. The van der Waals surface area contributed by atoms with Crippen LogP contribution in [0.2, 0.25) is 0 Å². The summed E-state index contributed by atoms with van der Waals surface area (Å²) in [7, 11) is 0. The monoisotopic (exact) mass is 486 g/mol. The Kier molecular flexibility index (Phi) is 6.08. The highest BCUT2D eigenvalue weighted by Gasteiger charge is 2.12. The molecule has 174 valence electrons. The number of aromatic nitrogens is 2. The second kappa shape index (κ2) is 9.98. The molecular weight excluding hydrogens is 464 g/mol. The molecule has 0 bridgehead atoms. The second-order valence-electron chi connectivity index (χ2n) is 8.29. The number of hydrogen-bond donors (Lipinski definition) is 1. The molecule has 6 rings (SSSR count). The van der Waals surface area contributed by atoms with Gasteiger partial charge in [-0.15, -0.1) is 11.3 Å². The van der Waals surface area contributed by atoms with Gasteiger partial charge in [-0.2, -0.15) is 5.10 Å². The molecule has 2 heterocycles. The van der Waals surface area contributed by atoms with Gasteiger partial charge < -0.3 is 4.74 Å². The number of nitrogens with zero attached hydrogens (tertiary/aromatic N) is 3. The van der Waals surface area contributed by atoms with Crippen LogP contribution in [0.25, 0.3) is 32.1 Å². The van der Waals surface area contributed by atoms with Crippen molar-refractivity contribution in [2.75, 3.05) is 5.43 Å². The van der Waals surface area contributed by atoms with Crippen molar-refractivity contribution in [1.29, 1.82) is 0 Å². The molecule has 2 aromatic heterocycles. The number of fused-ring (bicyclic) bond motifs is 2. The van der Waals surface area contributed by atoms with E-state index in [4.69, 9.17) is 4.74 Å². The van der Waals surface area contributed by atoms with Gasteiger partial charge in [0.25, 0.3) is 0 Å². The van der Waals surface area contributed by atoms with Crippen LogP contribution in [0.15, 0.2) is 114 Å². The minimum atomic E-state index is 0.500. The largest absolute Gasteiger partial charge is 0.489 e. The number of benzene rings is 4. The van der Waals surface area contributed by atoms with Crippen LogP contribution in [0.4, 0.5) is 5.82 Å². The van der Waals surface area contributed by atoms with E-state index in [1.54, 1.807) is 23.9 Å². The Morgan fingerprint density at radius 2 is 1.69 bits per heavy atom. The van der Waals surface area contributed by atoms with Gasteiger partial charge in [-0.05, 0) is 39.6 Å². The van der Waals surface area contributed by atoms with E-state index in [1.165, 1.54) is 10.8 Å². The van der Waals surface area contributed by atoms with Gasteiger partial charge in [-0.25, -0.2) is 9.97 Å². The molecule has 4 aromatic carbocycles. The van der Waals surface area contributed by atoms with Crippen LogP contribution in [0.1, 0.15) is 11.1 Å². The predicted molar refractivity (Wildman–Crippen MR) is 149 cm³/mol. The first-order valence-corrected chi connectivity index (χ1v) is 12.5. The molecule has 0 aliphatic heterocycles. The Morgan fingerprint density at radius 3 is 2.64 bits per heavy atom. The van der Waals surface area contributed by atoms with E-state index in [9.17, 15) is 0 Å².